The van der Waals surface area contributed by atoms with Crippen molar-refractivity contribution in [2.45, 2.75) is 0 Å². The van der Waals surface area contributed by atoms with Gasteiger partial charge in [0.05, 0.1) is 5.69 Å². The van der Waals surface area contributed by atoms with Crippen LogP contribution in [0.4, 0.5) is 11.4 Å². The molecule has 1 heterocycles. The fraction of sp³-hybridized carbons (Fsp3) is 0.0625. The number of nitrogen functional groups attached to an aromatic ring is 1. The molecule has 4 heteroatoms. The molecule has 0 aliphatic carbocycles. The predicted molar refractivity (Wildman–Crippen MR) is 79.3 cm³/mol. The summed E-state index contributed by atoms with van der Waals surface area (Å²) >= 11 is 0. The number of carbonyl (C=O) groups excluding carboxylic acids is 1. The minimum Gasteiger partial charge on any atom is -0.449 e. The van der Waals surface area contributed by atoms with Crippen LogP contribution in [0.5, 0.6) is 5.75 Å². The zero-order valence-electron chi connectivity index (χ0n) is 11.0. The number of anilines is 2. The van der Waals surface area contributed by atoms with Crippen molar-refractivity contribution in [1.29, 1.82) is 0 Å². The maximum atomic E-state index is 12.3. The van der Waals surface area contributed by atoms with Gasteiger partial charge in [-0.05, 0) is 23.8 Å². The average molecular weight is 266 g/mol. The predicted octanol–water partition coefficient (Wildman–Crippen LogP) is 2.67. The minimum atomic E-state index is -0.175. The summed E-state index contributed by atoms with van der Waals surface area (Å²) in [6, 6.07) is 14.8. The Hall–Kier alpha value is -2.75. The zero-order valence-corrected chi connectivity index (χ0v) is 11.0. The van der Waals surface area contributed by atoms with Crippen LogP contribution in [0.15, 0.2) is 54.3 Å². The Morgan fingerprint density at radius 3 is 2.65 bits per heavy atom. The second-order valence-electron chi connectivity index (χ2n) is 4.61. The van der Waals surface area contributed by atoms with Gasteiger partial charge in [0.1, 0.15) is 0 Å². The summed E-state index contributed by atoms with van der Waals surface area (Å²) in [4.78, 5) is 13.8. The number of ether oxygens (including phenoxy) is 1. The van der Waals surface area contributed by atoms with Crippen LogP contribution in [0.25, 0.3) is 6.08 Å². The molecule has 0 fully saturated rings. The smallest absolute Gasteiger partial charge is 0.293 e. The summed E-state index contributed by atoms with van der Waals surface area (Å²) in [5.74, 6) is 0.706. The fourth-order valence-corrected chi connectivity index (χ4v) is 2.12. The quantitative estimate of drug-likeness (QED) is 0.637. The lowest BCUT2D eigenvalue weighted by Crippen LogP contribution is -2.33. The number of benzene rings is 2. The Balaban J connectivity index is 2.04. The molecule has 0 unspecified atom stereocenters. The Morgan fingerprint density at radius 1 is 1.15 bits per heavy atom. The number of nitrogens with zero attached hydrogens (tertiary/aromatic N) is 1. The third-order valence-corrected chi connectivity index (χ3v) is 3.18. The first-order valence-electron chi connectivity index (χ1n) is 6.27. The van der Waals surface area contributed by atoms with Crippen LogP contribution in [0, 0.1) is 0 Å². The monoisotopic (exact) mass is 266 g/mol. The molecule has 1 amide bonds. The first-order valence-corrected chi connectivity index (χ1v) is 6.27. The highest BCUT2D eigenvalue weighted by molar-refractivity contribution is 6.09. The van der Waals surface area contributed by atoms with Crippen molar-refractivity contribution < 1.29 is 9.53 Å². The normalized spacial score (nSPS) is 15.9. The Kier molecular flexibility index (Phi) is 2.91. The lowest BCUT2D eigenvalue weighted by atomic mass is 10.1. The Morgan fingerprint density at radius 2 is 1.90 bits per heavy atom. The van der Waals surface area contributed by atoms with Crippen LogP contribution >= 0.6 is 0 Å². The van der Waals surface area contributed by atoms with Crippen molar-refractivity contribution in [3.63, 3.8) is 0 Å². The van der Waals surface area contributed by atoms with E-state index < -0.39 is 0 Å². The number of hydrogen-bond donors (Lipinski definition) is 1. The van der Waals surface area contributed by atoms with Crippen LogP contribution in [-0.2, 0) is 4.79 Å². The molecule has 0 bridgehead atoms. The Labute approximate surface area is 117 Å². The lowest BCUT2D eigenvalue weighted by Gasteiger charge is -2.27. The second kappa shape index (κ2) is 4.74. The number of rotatable bonds is 1. The molecule has 2 aromatic carbocycles. The number of amides is 1. The van der Waals surface area contributed by atoms with Crippen LogP contribution in [0.2, 0.25) is 0 Å². The van der Waals surface area contributed by atoms with E-state index in [4.69, 9.17) is 10.5 Å². The van der Waals surface area contributed by atoms with Crippen LogP contribution in [0.3, 0.4) is 0 Å². The fourth-order valence-electron chi connectivity index (χ4n) is 2.12. The molecule has 1 aliphatic rings. The maximum absolute atomic E-state index is 12.3. The molecule has 0 saturated heterocycles. The highest BCUT2D eigenvalue weighted by atomic mass is 16.5. The molecule has 0 saturated carbocycles. The highest BCUT2D eigenvalue weighted by Gasteiger charge is 2.27. The molecule has 2 aromatic rings. The SMILES string of the molecule is CN1C(=O)/C(=C\c2ccccc2)Oc2cc(N)ccc21. The number of likely N-dealkylation sites (N-methyl/N-ethyl adjacent to an activating group) is 1. The van der Waals surface area contributed by atoms with Gasteiger partial charge in [-0.1, -0.05) is 30.3 Å². The maximum Gasteiger partial charge on any atom is 0.293 e. The Bertz CT molecular complexity index is 693. The number of fused-ring (bicyclic) bond motifs is 1. The van der Waals surface area contributed by atoms with Gasteiger partial charge in [-0.25, -0.2) is 0 Å². The van der Waals surface area contributed by atoms with Crippen LogP contribution in [0.1, 0.15) is 5.56 Å². The van der Waals surface area contributed by atoms with Crippen LogP contribution in [-0.4, -0.2) is 13.0 Å². The summed E-state index contributed by atoms with van der Waals surface area (Å²) in [7, 11) is 1.72. The third-order valence-electron chi connectivity index (χ3n) is 3.18. The van der Waals surface area contributed by atoms with E-state index in [1.54, 1.807) is 36.2 Å². The topological polar surface area (TPSA) is 55.6 Å². The van der Waals surface area contributed by atoms with Gasteiger partial charge in [-0.2, -0.15) is 0 Å². The van der Waals surface area contributed by atoms with Gasteiger partial charge in [0, 0.05) is 18.8 Å². The van der Waals surface area contributed by atoms with Gasteiger partial charge in [0.15, 0.2) is 11.5 Å². The number of carbonyl (C=O) groups is 1. The minimum absolute atomic E-state index is 0.175. The van der Waals surface area contributed by atoms with E-state index in [1.807, 2.05) is 30.3 Å². The van der Waals surface area contributed by atoms with E-state index in [9.17, 15) is 4.79 Å². The summed E-state index contributed by atoms with van der Waals surface area (Å²) < 4.78 is 5.69. The van der Waals surface area contributed by atoms with E-state index in [0.29, 0.717) is 11.4 Å². The highest BCUT2D eigenvalue weighted by Crippen LogP contribution is 2.36. The summed E-state index contributed by atoms with van der Waals surface area (Å²) in [6.45, 7) is 0. The van der Waals surface area contributed by atoms with Crippen LogP contribution < -0.4 is 15.4 Å². The van der Waals surface area contributed by atoms with Gasteiger partial charge in [-0.15, -0.1) is 0 Å². The van der Waals surface area contributed by atoms with Crippen molar-refractivity contribution in [2.24, 2.45) is 0 Å². The first kappa shape index (κ1) is 12.3. The molecule has 2 N–H and O–H groups in total. The van der Waals surface area contributed by atoms with Crippen molar-refractivity contribution in [3.05, 3.63) is 59.9 Å². The molecular formula is C16H14N2O2. The summed E-state index contributed by atoms with van der Waals surface area (Å²) in [5, 5.41) is 0. The summed E-state index contributed by atoms with van der Waals surface area (Å²) in [5.41, 5.74) is 7.99. The second-order valence-corrected chi connectivity index (χ2v) is 4.61. The molecule has 1 aliphatic heterocycles. The van der Waals surface area contributed by atoms with Crippen molar-refractivity contribution >= 4 is 23.4 Å². The molecule has 0 radical (unpaired) electrons. The van der Waals surface area contributed by atoms with E-state index in [0.717, 1.165) is 11.3 Å². The van der Waals surface area contributed by atoms with Gasteiger partial charge < -0.3 is 15.4 Å². The number of hydrogen-bond acceptors (Lipinski definition) is 3. The van der Waals surface area contributed by atoms with E-state index >= 15 is 0 Å². The molecular weight excluding hydrogens is 252 g/mol. The lowest BCUT2D eigenvalue weighted by molar-refractivity contribution is -0.117. The van der Waals surface area contributed by atoms with Crippen molar-refractivity contribution in [2.75, 3.05) is 17.7 Å². The standard InChI is InChI=1S/C16H14N2O2/c1-18-13-8-7-12(17)10-14(13)20-15(16(18)19)9-11-5-3-2-4-6-11/h2-10H,17H2,1H3/b15-9+. The van der Waals surface area contributed by atoms with Gasteiger partial charge in [-0.3, -0.25) is 4.79 Å². The molecule has 3 rings (SSSR count). The molecule has 0 spiro atoms. The first-order chi connectivity index (χ1) is 9.65. The van der Waals surface area contributed by atoms with Gasteiger partial charge >= 0.3 is 0 Å². The van der Waals surface area contributed by atoms with E-state index in [1.165, 1.54) is 0 Å². The largest absolute Gasteiger partial charge is 0.449 e. The molecule has 4 nitrogen and oxygen atoms in total. The van der Waals surface area contributed by atoms with Gasteiger partial charge in [0.25, 0.3) is 5.91 Å². The number of nitrogens with two attached hydrogens (primary N) is 1. The van der Waals surface area contributed by atoms with Crippen molar-refractivity contribution in [3.8, 4) is 5.75 Å². The van der Waals surface area contributed by atoms with E-state index in [-0.39, 0.29) is 11.7 Å². The summed E-state index contributed by atoms with van der Waals surface area (Å²) in [6.07, 6.45) is 1.73. The van der Waals surface area contributed by atoms with Crippen molar-refractivity contribution in [1.82, 2.24) is 0 Å². The molecule has 0 atom stereocenters. The zero-order chi connectivity index (χ0) is 14.1. The third kappa shape index (κ3) is 2.12. The van der Waals surface area contributed by atoms with Gasteiger partial charge in [0.2, 0.25) is 0 Å². The molecule has 100 valence electrons. The molecule has 20 heavy (non-hydrogen) atoms. The average Bonchev–Trinajstić information content (AvgIpc) is 2.45. The molecule has 0 aromatic heterocycles. The van der Waals surface area contributed by atoms with E-state index in [2.05, 4.69) is 0 Å².